The van der Waals surface area contributed by atoms with Gasteiger partial charge >= 0.3 is 0 Å². The van der Waals surface area contributed by atoms with Crippen LogP contribution in [0, 0.1) is 13.8 Å². The number of nitrogens with one attached hydrogen (secondary N) is 1. The molecule has 0 atom stereocenters. The molecule has 124 valence electrons. The third-order valence-corrected chi connectivity index (χ3v) is 4.52. The molecule has 5 nitrogen and oxygen atoms in total. The molecule has 3 rings (SSSR count). The van der Waals surface area contributed by atoms with Crippen molar-refractivity contribution in [3.63, 3.8) is 0 Å². The average Bonchev–Trinajstić information content (AvgIpc) is 3.13. The highest BCUT2D eigenvalue weighted by molar-refractivity contribution is 9.10. The Balaban J connectivity index is 1.85. The number of halogens is 1. The largest absolute Gasteiger partial charge is 0.356 e. The lowest BCUT2D eigenvalue weighted by molar-refractivity contribution is 0.0779. The smallest absolute Gasteiger partial charge is 0.270 e. The minimum Gasteiger partial charge on any atom is -0.356 e. The number of para-hydroxylation sites is 1. The summed E-state index contributed by atoms with van der Waals surface area (Å²) in [4.78, 5) is 17.2. The molecule has 0 bridgehead atoms. The normalized spacial score (nSPS) is 10.8. The monoisotopic (exact) mass is 386 g/mol. The molecule has 0 radical (unpaired) electrons. The third kappa shape index (κ3) is 3.14. The van der Waals surface area contributed by atoms with Crippen molar-refractivity contribution in [2.24, 2.45) is 0 Å². The van der Waals surface area contributed by atoms with Gasteiger partial charge in [-0.3, -0.25) is 4.79 Å². The molecule has 0 fully saturated rings. The summed E-state index contributed by atoms with van der Waals surface area (Å²) in [5.74, 6) is -0.0491. The van der Waals surface area contributed by atoms with E-state index in [-0.39, 0.29) is 5.91 Å². The van der Waals surface area contributed by atoms with Crippen LogP contribution in [0.15, 0.2) is 47.1 Å². The number of carbonyl (C=O) groups is 1. The summed E-state index contributed by atoms with van der Waals surface area (Å²) >= 11 is 3.35. The predicted octanol–water partition coefficient (Wildman–Crippen LogP) is 3.85. The Labute approximate surface area is 149 Å². The highest BCUT2D eigenvalue weighted by atomic mass is 79.9. The van der Waals surface area contributed by atoms with Gasteiger partial charge in [0.1, 0.15) is 5.69 Å². The van der Waals surface area contributed by atoms with E-state index in [1.807, 2.05) is 48.9 Å². The van der Waals surface area contributed by atoms with Gasteiger partial charge in [-0.25, -0.2) is 4.68 Å². The molecule has 24 heavy (non-hydrogen) atoms. The fraction of sp³-hybridized carbons (Fsp3) is 0.222. The van der Waals surface area contributed by atoms with Crippen LogP contribution >= 0.6 is 15.9 Å². The van der Waals surface area contributed by atoms with Crippen molar-refractivity contribution >= 4 is 21.8 Å². The number of nitrogens with zero attached hydrogens (tertiary/aromatic N) is 3. The number of H-pyrrole nitrogens is 1. The molecule has 0 saturated carbocycles. The highest BCUT2D eigenvalue weighted by Crippen LogP contribution is 2.20. The highest BCUT2D eigenvalue weighted by Gasteiger charge is 2.19. The van der Waals surface area contributed by atoms with E-state index < -0.39 is 0 Å². The maximum Gasteiger partial charge on any atom is 0.270 e. The molecule has 2 aromatic heterocycles. The third-order valence-electron chi connectivity index (χ3n) is 4.06. The Morgan fingerprint density at radius 2 is 2.00 bits per heavy atom. The van der Waals surface area contributed by atoms with E-state index >= 15 is 0 Å². The maximum atomic E-state index is 12.5. The van der Waals surface area contributed by atoms with Crippen LogP contribution in [0.1, 0.15) is 27.4 Å². The predicted molar refractivity (Wildman–Crippen MR) is 97.3 cm³/mol. The van der Waals surface area contributed by atoms with Crippen LogP contribution in [0.2, 0.25) is 0 Å². The lowest BCUT2D eigenvalue weighted by atomic mass is 10.2. The number of aromatic nitrogens is 3. The van der Waals surface area contributed by atoms with Gasteiger partial charge in [-0.2, -0.15) is 5.10 Å². The first-order valence-electron chi connectivity index (χ1n) is 7.67. The number of aromatic amines is 1. The van der Waals surface area contributed by atoms with Gasteiger partial charge in [0.05, 0.1) is 11.4 Å². The summed E-state index contributed by atoms with van der Waals surface area (Å²) in [6.45, 7) is 4.52. The zero-order chi connectivity index (χ0) is 17.3. The first-order chi connectivity index (χ1) is 11.5. The summed E-state index contributed by atoms with van der Waals surface area (Å²) in [5, 5.41) is 4.63. The molecule has 3 aromatic rings. The van der Waals surface area contributed by atoms with E-state index in [2.05, 4.69) is 26.0 Å². The first-order valence-corrected chi connectivity index (χ1v) is 8.46. The molecule has 0 spiro atoms. The molecular weight excluding hydrogens is 368 g/mol. The van der Waals surface area contributed by atoms with E-state index in [9.17, 15) is 4.79 Å². The number of benzene rings is 1. The van der Waals surface area contributed by atoms with Crippen LogP contribution in [-0.4, -0.2) is 32.6 Å². The number of hydrogen-bond acceptors (Lipinski definition) is 2. The molecule has 0 aliphatic carbocycles. The summed E-state index contributed by atoms with van der Waals surface area (Å²) in [6.07, 6.45) is 1.75. The van der Waals surface area contributed by atoms with Crippen molar-refractivity contribution in [2.75, 3.05) is 7.05 Å². The minimum atomic E-state index is -0.0491. The fourth-order valence-electron chi connectivity index (χ4n) is 2.73. The minimum absolute atomic E-state index is 0.0491. The van der Waals surface area contributed by atoms with Crippen molar-refractivity contribution in [2.45, 2.75) is 20.4 Å². The van der Waals surface area contributed by atoms with Crippen molar-refractivity contribution in [3.05, 3.63) is 69.7 Å². The van der Waals surface area contributed by atoms with Crippen molar-refractivity contribution in [3.8, 4) is 5.69 Å². The van der Waals surface area contributed by atoms with Crippen molar-refractivity contribution < 1.29 is 4.79 Å². The van der Waals surface area contributed by atoms with E-state index in [4.69, 9.17) is 0 Å². The molecular formula is C18H19BrN4O. The quantitative estimate of drug-likeness (QED) is 0.739. The lowest BCUT2D eigenvalue weighted by Crippen LogP contribution is -2.27. The Bertz CT molecular complexity index is 867. The van der Waals surface area contributed by atoms with E-state index in [1.165, 1.54) is 0 Å². The topological polar surface area (TPSA) is 53.9 Å². The zero-order valence-corrected chi connectivity index (χ0v) is 15.5. The second-order valence-electron chi connectivity index (χ2n) is 5.79. The zero-order valence-electron chi connectivity index (χ0n) is 13.9. The second-order valence-corrected chi connectivity index (χ2v) is 6.71. The Hall–Kier alpha value is -2.34. The number of carbonyl (C=O) groups excluding carboxylic acids is 1. The molecule has 2 heterocycles. The van der Waals surface area contributed by atoms with Gasteiger partial charge in [0, 0.05) is 35.5 Å². The van der Waals surface area contributed by atoms with Crippen molar-refractivity contribution in [1.29, 1.82) is 0 Å². The van der Waals surface area contributed by atoms with Crippen LogP contribution < -0.4 is 0 Å². The van der Waals surface area contributed by atoms with Crippen LogP contribution in [-0.2, 0) is 6.54 Å². The van der Waals surface area contributed by atoms with Crippen molar-refractivity contribution in [1.82, 2.24) is 19.7 Å². The van der Waals surface area contributed by atoms with Gasteiger partial charge in [0.15, 0.2) is 0 Å². The van der Waals surface area contributed by atoms with Gasteiger partial charge in [-0.05, 0) is 48.0 Å². The SMILES string of the molecule is Cc1nn(-c2ccccc2)c(C)c1CN(C)C(=O)c1cc(Br)c[nH]1. The molecule has 6 heteroatoms. The standard InChI is InChI=1S/C18H19BrN4O/c1-12-16(11-22(3)18(24)17-9-14(19)10-20-17)13(2)23(21-12)15-7-5-4-6-8-15/h4-10,20H,11H2,1-3H3. The molecule has 1 aromatic carbocycles. The number of hydrogen-bond donors (Lipinski definition) is 1. The lowest BCUT2D eigenvalue weighted by Gasteiger charge is -2.16. The van der Waals surface area contributed by atoms with Crippen LogP contribution in [0.25, 0.3) is 5.69 Å². The number of amides is 1. The molecule has 1 amide bonds. The first kappa shape index (κ1) is 16.5. The van der Waals surface area contributed by atoms with Gasteiger partial charge in [-0.1, -0.05) is 18.2 Å². The maximum absolute atomic E-state index is 12.5. The molecule has 1 N–H and O–H groups in total. The molecule has 0 unspecified atom stereocenters. The van der Waals surface area contributed by atoms with Gasteiger partial charge in [-0.15, -0.1) is 0 Å². The Kier molecular flexibility index (Phi) is 4.57. The molecule has 0 aliphatic rings. The van der Waals surface area contributed by atoms with Gasteiger partial charge in [0.25, 0.3) is 5.91 Å². The summed E-state index contributed by atoms with van der Waals surface area (Å²) < 4.78 is 2.79. The number of rotatable bonds is 4. The summed E-state index contributed by atoms with van der Waals surface area (Å²) in [5.41, 5.74) is 4.64. The van der Waals surface area contributed by atoms with E-state index in [0.29, 0.717) is 12.2 Å². The van der Waals surface area contributed by atoms with E-state index in [1.54, 1.807) is 24.2 Å². The fourth-order valence-corrected chi connectivity index (χ4v) is 3.07. The van der Waals surface area contributed by atoms with Crippen LogP contribution in [0.4, 0.5) is 0 Å². The van der Waals surface area contributed by atoms with Gasteiger partial charge in [0.2, 0.25) is 0 Å². The molecule has 0 aliphatic heterocycles. The van der Waals surface area contributed by atoms with E-state index in [0.717, 1.165) is 27.1 Å². The summed E-state index contributed by atoms with van der Waals surface area (Å²) in [7, 11) is 1.80. The average molecular weight is 387 g/mol. The van der Waals surface area contributed by atoms with Crippen LogP contribution in [0.3, 0.4) is 0 Å². The Morgan fingerprint density at radius 1 is 1.29 bits per heavy atom. The summed E-state index contributed by atoms with van der Waals surface area (Å²) in [6, 6.07) is 11.8. The number of aryl methyl sites for hydroxylation is 1. The molecule has 0 saturated heterocycles. The van der Waals surface area contributed by atoms with Crippen LogP contribution in [0.5, 0.6) is 0 Å². The van der Waals surface area contributed by atoms with Gasteiger partial charge < -0.3 is 9.88 Å². The Morgan fingerprint density at radius 3 is 2.62 bits per heavy atom. The second kappa shape index (κ2) is 6.65.